The van der Waals surface area contributed by atoms with Crippen LogP contribution in [0.1, 0.15) is 91.3 Å². The molecule has 5 aliphatic rings. The molecular formula is C43H56Cl2Zr. The third-order valence-corrected chi connectivity index (χ3v) is 34.1. The van der Waals surface area contributed by atoms with Crippen LogP contribution >= 0.6 is 24.8 Å². The zero-order valence-electron chi connectivity index (χ0n) is 29.7. The van der Waals surface area contributed by atoms with E-state index < -0.39 is 18.3 Å². The predicted octanol–water partition coefficient (Wildman–Crippen LogP) is 12.6. The summed E-state index contributed by atoms with van der Waals surface area (Å²) in [6, 6.07) is 20.8. The van der Waals surface area contributed by atoms with Crippen molar-refractivity contribution >= 4 is 34.6 Å². The van der Waals surface area contributed by atoms with Gasteiger partial charge in [0.25, 0.3) is 0 Å². The molecule has 1 fully saturated rings. The van der Waals surface area contributed by atoms with Crippen molar-refractivity contribution in [1.29, 1.82) is 0 Å². The van der Waals surface area contributed by atoms with Gasteiger partial charge in [-0.1, -0.05) is 0 Å². The molecule has 7 rings (SSSR count). The quantitative estimate of drug-likeness (QED) is 0.293. The van der Waals surface area contributed by atoms with Crippen LogP contribution in [-0.2, 0) is 28.8 Å². The van der Waals surface area contributed by atoms with Gasteiger partial charge >= 0.3 is 270 Å². The summed E-state index contributed by atoms with van der Waals surface area (Å²) < 4.78 is 11.3. The number of fused-ring (bicyclic) bond motifs is 6. The summed E-state index contributed by atoms with van der Waals surface area (Å²) >= 11 is -4.34. The molecule has 46 heavy (non-hydrogen) atoms. The summed E-state index contributed by atoms with van der Waals surface area (Å²) in [5, 5.41) is 0. The predicted molar refractivity (Wildman–Crippen MR) is 203 cm³/mol. The van der Waals surface area contributed by atoms with Gasteiger partial charge in [0.1, 0.15) is 0 Å². The minimum absolute atomic E-state index is 0. The van der Waals surface area contributed by atoms with Gasteiger partial charge in [0.15, 0.2) is 0 Å². The molecule has 2 aromatic rings. The molecule has 3 heteroatoms. The first-order chi connectivity index (χ1) is 20.5. The van der Waals surface area contributed by atoms with Crippen molar-refractivity contribution < 1.29 is 18.3 Å². The topological polar surface area (TPSA) is 0 Å². The molecule has 3 atom stereocenters. The summed E-state index contributed by atoms with van der Waals surface area (Å²) in [5.41, 5.74) is 11.3. The van der Waals surface area contributed by atoms with Crippen molar-refractivity contribution in [1.82, 2.24) is 0 Å². The Morgan fingerprint density at radius 1 is 0.804 bits per heavy atom. The molecule has 0 aliphatic heterocycles. The Bertz CT molecular complexity index is 1810. The third-order valence-electron chi connectivity index (χ3n) is 15.9. The fourth-order valence-corrected chi connectivity index (χ4v) is 29.5. The molecule has 0 N–H and O–H groups in total. The normalized spacial score (nSPS) is 30.0. The Balaban J connectivity index is 0.00000208. The second kappa shape index (κ2) is 11.0. The molecule has 246 valence electrons. The fraction of sp³-hybridized carbons (Fsp3) is 0.465. The van der Waals surface area contributed by atoms with Crippen LogP contribution in [0, 0.1) is 27.6 Å². The summed E-state index contributed by atoms with van der Waals surface area (Å²) in [6.45, 7) is 21.4. The van der Waals surface area contributed by atoms with Crippen molar-refractivity contribution in [3.63, 3.8) is 0 Å². The Morgan fingerprint density at radius 3 is 2.11 bits per heavy atom. The standard InChI is InChI=1S/C29H37.C7H7.C5H5.CH3.CH2.2ClH.Zr/c1-18-25-22-17-19-13-9-10-14-20(19)24(22)21-15-11-12-16-23(21)29(25,8)28(6,7)27(4,5)26(18,2)3;1-7-5-3-2-4-6-7;1-2-4-5-3-1;;;;;/h9-11,13-15,23H,12,16-17H2,1-8H3;2-6H,1H2;1-3H,4H2;1H3;1H2;2*1H;. The number of rotatable bonds is 4. The number of halogens is 2. The molecule has 0 amide bonds. The molecule has 2 aromatic carbocycles. The number of hydrogen-bond acceptors (Lipinski definition) is 0. The van der Waals surface area contributed by atoms with Crippen LogP contribution in [0.2, 0.25) is 7.75 Å². The second-order valence-electron chi connectivity index (χ2n) is 17.5. The molecule has 0 aromatic heterocycles. The second-order valence-corrected chi connectivity index (χ2v) is 33.7. The SMILES string of the molecule is Cl.Cl.[CH2]=[Zr]([CH3])([CH2]c1ccccc1)([C]1=CC=CC1)[C]1(C)C2=C3Cc4ccccc4C3=C3C=CCCC3C2(C)C(C)(C)C(C)(C)C1(C)C. The molecule has 1 saturated carbocycles. The Morgan fingerprint density at radius 2 is 1.46 bits per heavy atom. The molecule has 0 bridgehead atoms. The van der Waals surface area contributed by atoms with Gasteiger partial charge in [-0.25, -0.2) is 0 Å². The van der Waals surface area contributed by atoms with Crippen LogP contribution in [0.15, 0.2) is 105 Å². The van der Waals surface area contributed by atoms with Crippen molar-refractivity contribution in [3.05, 3.63) is 122 Å². The first-order valence-corrected chi connectivity index (χ1v) is 25.6. The van der Waals surface area contributed by atoms with Gasteiger partial charge in [-0.2, -0.15) is 0 Å². The molecule has 0 radical (unpaired) electrons. The van der Waals surface area contributed by atoms with Gasteiger partial charge in [-0.15, -0.1) is 24.8 Å². The summed E-state index contributed by atoms with van der Waals surface area (Å²) in [5.74, 6) is 0.503. The van der Waals surface area contributed by atoms with Crippen LogP contribution in [0.3, 0.4) is 0 Å². The zero-order valence-corrected chi connectivity index (χ0v) is 33.8. The first kappa shape index (κ1) is 35.8. The molecule has 0 nitrogen and oxygen atoms in total. The zero-order chi connectivity index (χ0) is 31.6. The Labute approximate surface area is 293 Å². The summed E-state index contributed by atoms with van der Waals surface area (Å²) in [4.78, 5) is 0. The van der Waals surface area contributed by atoms with E-state index in [1.54, 1.807) is 25.6 Å². The third kappa shape index (κ3) is 3.98. The van der Waals surface area contributed by atoms with E-state index in [-0.39, 0.29) is 49.6 Å². The number of benzene rings is 2. The van der Waals surface area contributed by atoms with Crippen molar-refractivity contribution in [3.8, 4) is 0 Å². The molecule has 0 spiro atoms. The van der Waals surface area contributed by atoms with Gasteiger partial charge in [0.2, 0.25) is 0 Å². The van der Waals surface area contributed by atoms with E-state index in [1.807, 2.05) is 0 Å². The van der Waals surface area contributed by atoms with E-state index >= 15 is 0 Å². The van der Waals surface area contributed by atoms with Crippen LogP contribution in [0.25, 0.3) is 5.57 Å². The van der Waals surface area contributed by atoms with Crippen LogP contribution in [0.4, 0.5) is 0 Å². The summed E-state index contributed by atoms with van der Waals surface area (Å²) in [7, 11) is 0. The van der Waals surface area contributed by atoms with Gasteiger partial charge < -0.3 is 0 Å². The van der Waals surface area contributed by atoms with Gasteiger partial charge in [-0.05, 0) is 0 Å². The average Bonchev–Trinajstić information content (AvgIpc) is 3.66. The maximum atomic E-state index is 5.81. The van der Waals surface area contributed by atoms with Gasteiger partial charge in [-0.3, -0.25) is 0 Å². The summed E-state index contributed by atoms with van der Waals surface area (Å²) in [6.07, 6.45) is 16.8. The molecule has 3 unspecified atom stereocenters. The average molecular weight is 735 g/mol. The van der Waals surface area contributed by atoms with E-state index in [2.05, 4.69) is 145 Å². The molecule has 0 saturated heterocycles. The monoisotopic (exact) mass is 732 g/mol. The Kier molecular flexibility index (Phi) is 8.55. The Hall–Kier alpha value is -1.53. The van der Waals surface area contributed by atoms with E-state index in [0.29, 0.717) is 5.92 Å². The van der Waals surface area contributed by atoms with E-state index in [9.17, 15) is 0 Å². The van der Waals surface area contributed by atoms with Crippen LogP contribution in [0.5, 0.6) is 0 Å². The molecule has 0 heterocycles. The first-order valence-electron chi connectivity index (χ1n) is 17.2. The fourth-order valence-electron chi connectivity index (χ4n) is 12.0. The van der Waals surface area contributed by atoms with E-state index in [4.69, 9.17) is 4.21 Å². The molecular weight excluding hydrogens is 679 g/mol. The van der Waals surface area contributed by atoms with Crippen molar-refractivity contribution in [2.75, 3.05) is 0 Å². The minimum atomic E-state index is -4.34. The van der Waals surface area contributed by atoms with E-state index in [0.717, 1.165) is 17.0 Å². The molecule has 5 aliphatic carbocycles. The van der Waals surface area contributed by atoms with Gasteiger partial charge in [0.05, 0.1) is 0 Å². The van der Waals surface area contributed by atoms with Crippen molar-refractivity contribution in [2.45, 2.75) is 93.0 Å². The van der Waals surface area contributed by atoms with E-state index in [1.165, 1.54) is 29.5 Å². The van der Waals surface area contributed by atoms with Crippen molar-refractivity contribution in [2.24, 2.45) is 27.6 Å². The number of hydrogen-bond donors (Lipinski definition) is 0. The maximum absolute atomic E-state index is 5.81. The number of allylic oxidation sites excluding steroid dienone is 10. The van der Waals surface area contributed by atoms with Crippen LogP contribution < -0.4 is 0 Å². The van der Waals surface area contributed by atoms with Gasteiger partial charge in [0, 0.05) is 0 Å². The van der Waals surface area contributed by atoms with Crippen LogP contribution in [-0.4, -0.2) is 4.21 Å².